The highest BCUT2D eigenvalue weighted by Crippen LogP contribution is 2.25. The summed E-state index contributed by atoms with van der Waals surface area (Å²) in [5.41, 5.74) is 2.44. The summed E-state index contributed by atoms with van der Waals surface area (Å²) in [6, 6.07) is 25.5. The first-order valence-electron chi connectivity index (χ1n) is 11.0. The summed E-state index contributed by atoms with van der Waals surface area (Å²) in [5, 5.41) is 0.747. The van der Waals surface area contributed by atoms with Crippen LogP contribution in [0.1, 0.15) is 10.4 Å². The zero-order valence-corrected chi connectivity index (χ0v) is 19.4. The number of nitrogens with zero attached hydrogens (tertiary/aromatic N) is 3. The van der Waals surface area contributed by atoms with Crippen LogP contribution in [0.5, 0.6) is 0 Å². The SMILES string of the molecule is CN(c1ccccc1)C1CN(C(=O)c2ccc(NS(=O)(=O)c3cccc4cccnc34)cc2)C1. The van der Waals surface area contributed by atoms with Gasteiger partial charge >= 0.3 is 0 Å². The van der Waals surface area contributed by atoms with Crippen LogP contribution in [0.3, 0.4) is 0 Å². The van der Waals surface area contributed by atoms with Gasteiger partial charge in [-0.3, -0.25) is 14.5 Å². The van der Waals surface area contributed by atoms with E-state index in [2.05, 4.69) is 26.7 Å². The van der Waals surface area contributed by atoms with E-state index in [1.54, 1.807) is 47.5 Å². The molecule has 5 rings (SSSR count). The Bertz CT molecular complexity index is 1430. The van der Waals surface area contributed by atoms with Gasteiger partial charge in [0.25, 0.3) is 15.9 Å². The Kier molecular flexibility index (Phi) is 5.67. The van der Waals surface area contributed by atoms with Crippen molar-refractivity contribution >= 4 is 38.2 Å². The Hall–Kier alpha value is -3.91. The molecule has 0 saturated carbocycles. The number of amides is 1. The third kappa shape index (κ3) is 4.20. The molecule has 172 valence electrons. The van der Waals surface area contributed by atoms with E-state index < -0.39 is 10.0 Å². The number of hydrogen-bond donors (Lipinski definition) is 1. The molecule has 1 aliphatic heterocycles. The van der Waals surface area contributed by atoms with Crippen molar-refractivity contribution in [1.29, 1.82) is 0 Å². The van der Waals surface area contributed by atoms with E-state index in [0.717, 1.165) is 11.1 Å². The van der Waals surface area contributed by atoms with Crippen LogP contribution < -0.4 is 9.62 Å². The van der Waals surface area contributed by atoms with E-state index in [9.17, 15) is 13.2 Å². The Morgan fingerprint density at radius 3 is 2.38 bits per heavy atom. The first-order chi connectivity index (χ1) is 16.4. The van der Waals surface area contributed by atoms with E-state index in [-0.39, 0.29) is 16.8 Å². The lowest BCUT2D eigenvalue weighted by molar-refractivity contribution is 0.0604. The minimum absolute atomic E-state index is 0.0645. The average molecular weight is 473 g/mol. The van der Waals surface area contributed by atoms with Crippen LogP contribution in [0.15, 0.2) is 96.0 Å². The number of aromatic nitrogens is 1. The topological polar surface area (TPSA) is 82.6 Å². The van der Waals surface area contributed by atoms with Gasteiger partial charge in [0, 0.05) is 48.7 Å². The summed E-state index contributed by atoms with van der Waals surface area (Å²) < 4.78 is 28.6. The number of sulfonamides is 1. The standard InChI is InChI=1S/C26H24N4O3S/c1-29(22-9-3-2-4-10-22)23-17-30(18-23)26(31)20-12-14-21(15-13-20)28-34(32,33)24-11-5-7-19-8-6-16-27-25(19)24/h2-16,23,28H,17-18H2,1H3. The molecule has 1 amide bonds. The van der Waals surface area contributed by atoms with E-state index in [1.807, 2.05) is 37.4 Å². The zero-order chi connectivity index (χ0) is 23.7. The Morgan fingerprint density at radius 1 is 0.941 bits per heavy atom. The molecule has 7 nitrogen and oxygen atoms in total. The number of likely N-dealkylation sites (tertiary alicyclic amines) is 1. The van der Waals surface area contributed by atoms with Crippen molar-refractivity contribution in [2.24, 2.45) is 0 Å². The van der Waals surface area contributed by atoms with Gasteiger partial charge in [-0.15, -0.1) is 0 Å². The number of benzene rings is 3. The number of para-hydroxylation sites is 2. The molecule has 4 aromatic rings. The molecule has 0 atom stereocenters. The van der Waals surface area contributed by atoms with Crippen molar-refractivity contribution in [3.8, 4) is 0 Å². The lowest BCUT2D eigenvalue weighted by Gasteiger charge is -2.45. The van der Waals surface area contributed by atoms with Gasteiger partial charge in [0.05, 0.1) is 11.6 Å². The molecule has 1 N–H and O–H groups in total. The van der Waals surface area contributed by atoms with Crippen molar-refractivity contribution in [2.75, 3.05) is 29.8 Å². The van der Waals surface area contributed by atoms with Crippen LogP contribution in [-0.4, -0.2) is 50.4 Å². The molecule has 34 heavy (non-hydrogen) atoms. The lowest BCUT2D eigenvalue weighted by Crippen LogP contribution is -2.60. The molecular weight excluding hydrogens is 448 g/mol. The van der Waals surface area contributed by atoms with Crippen molar-refractivity contribution in [3.05, 3.63) is 96.7 Å². The number of fused-ring (bicyclic) bond motifs is 1. The maximum atomic E-state index is 13.0. The predicted molar refractivity (Wildman–Crippen MR) is 134 cm³/mol. The highest BCUT2D eigenvalue weighted by atomic mass is 32.2. The number of rotatable bonds is 6. The average Bonchev–Trinajstić information content (AvgIpc) is 2.83. The van der Waals surface area contributed by atoms with Crippen LogP contribution in [0.2, 0.25) is 0 Å². The van der Waals surface area contributed by atoms with Crippen LogP contribution in [0.25, 0.3) is 10.9 Å². The molecule has 0 bridgehead atoms. The van der Waals surface area contributed by atoms with Gasteiger partial charge in [-0.25, -0.2) is 8.42 Å². The molecule has 2 heterocycles. The third-order valence-electron chi connectivity index (χ3n) is 6.13. The van der Waals surface area contributed by atoms with Gasteiger partial charge in [-0.05, 0) is 48.5 Å². The quantitative estimate of drug-likeness (QED) is 0.459. The van der Waals surface area contributed by atoms with Crippen molar-refractivity contribution in [2.45, 2.75) is 10.9 Å². The first kappa shape index (κ1) is 21.9. The van der Waals surface area contributed by atoms with Gasteiger partial charge in [0.1, 0.15) is 4.90 Å². The molecule has 0 spiro atoms. The van der Waals surface area contributed by atoms with E-state index >= 15 is 0 Å². The number of hydrogen-bond acceptors (Lipinski definition) is 5. The molecule has 1 aromatic heterocycles. The smallest absolute Gasteiger partial charge is 0.264 e. The lowest BCUT2D eigenvalue weighted by atomic mass is 10.0. The molecule has 1 fully saturated rings. The normalized spacial score (nSPS) is 14.0. The van der Waals surface area contributed by atoms with Crippen LogP contribution in [0, 0.1) is 0 Å². The summed E-state index contributed by atoms with van der Waals surface area (Å²) in [4.78, 5) is 21.2. The predicted octanol–water partition coefficient (Wildman–Crippen LogP) is 4.00. The largest absolute Gasteiger partial charge is 0.368 e. The molecule has 1 aliphatic rings. The number of anilines is 2. The highest BCUT2D eigenvalue weighted by Gasteiger charge is 2.34. The third-order valence-corrected chi connectivity index (χ3v) is 7.54. The Labute approximate surface area is 198 Å². The number of likely N-dealkylation sites (N-methyl/N-ethyl adjacent to an activating group) is 1. The second-order valence-electron chi connectivity index (χ2n) is 8.32. The van der Waals surface area contributed by atoms with Gasteiger partial charge in [0.15, 0.2) is 0 Å². The molecule has 1 saturated heterocycles. The maximum Gasteiger partial charge on any atom is 0.264 e. The summed E-state index contributed by atoms with van der Waals surface area (Å²) in [6.45, 7) is 1.29. The van der Waals surface area contributed by atoms with Gasteiger partial charge in [-0.2, -0.15) is 0 Å². The Morgan fingerprint density at radius 2 is 1.65 bits per heavy atom. The maximum absolute atomic E-state index is 13.0. The number of pyridine rings is 1. The van der Waals surface area contributed by atoms with Gasteiger partial charge in [0.2, 0.25) is 0 Å². The summed E-state index contributed by atoms with van der Waals surface area (Å²) in [7, 11) is -1.80. The molecular formula is C26H24N4O3S. The second-order valence-corrected chi connectivity index (χ2v) is 9.98. The number of carbonyl (C=O) groups excluding carboxylic acids is 1. The van der Waals surface area contributed by atoms with Crippen molar-refractivity contribution in [1.82, 2.24) is 9.88 Å². The number of carbonyl (C=O) groups is 1. The Balaban J connectivity index is 1.25. The zero-order valence-electron chi connectivity index (χ0n) is 18.6. The van der Waals surface area contributed by atoms with Gasteiger partial charge < -0.3 is 9.80 Å². The van der Waals surface area contributed by atoms with E-state index in [1.165, 1.54) is 6.07 Å². The fraction of sp³-hybridized carbons (Fsp3) is 0.154. The molecule has 0 aliphatic carbocycles. The van der Waals surface area contributed by atoms with E-state index in [4.69, 9.17) is 0 Å². The van der Waals surface area contributed by atoms with Crippen molar-refractivity contribution < 1.29 is 13.2 Å². The fourth-order valence-corrected chi connectivity index (χ4v) is 5.35. The molecule has 0 radical (unpaired) electrons. The minimum atomic E-state index is -3.84. The van der Waals surface area contributed by atoms with Crippen LogP contribution in [-0.2, 0) is 10.0 Å². The van der Waals surface area contributed by atoms with Crippen molar-refractivity contribution in [3.63, 3.8) is 0 Å². The van der Waals surface area contributed by atoms with Crippen LogP contribution in [0.4, 0.5) is 11.4 Å². The molecule has 3 aromatic carbocycles. The van der Waals surface area contributed by atoms with E-state index in [0.29, 0.717) is 29.9 Å². The summed E-state index contributed by atoms with van der Waals surface area (Å²) in [6.07, 6.45) is 1.57. The van der Waals surface area contributed by atoms with Gasteiger partial charge in [-0.1, -0.05) is 36.4 Å². The molecule has 8 heteroatoms. The second kappa shape index (κ2) is 8.79. The first-order valence-corrected chi connectivity index (χ1v) is 12.4. The monoisotopic (exact) mass is 472 g/mol. The molecule has 0 unspecified atom stereocenters. The number of nitrogens with one attached hydrogen (secondary N) is 1. The fourth-order valence-electron chi connectivity index (χ4n) is 4.11. The highest BCUT2D eigenvalue weighted by molar-refractivity contribution is 7.93. The van der Waals surface area contributed by atoms with Crippen LogP contribution >= 0.6 is 0 Å². The summed E-state index contributed by atoms with van der Waals surface area (Å²) in [5.74, 6) is -0.0645. The summed E-state index contributed by atoms with van der Waals surface area (Å²) >= 11 is 0. The minimum Gasteiger partial charge on any atom is -0.368 e.